The van der Waals surface area contributed by atoms with E-state index in [4.69, 9.17) is 4.42 Å². The van der Waals surface area contributed by atoms with Crippen molar-refractivity contribution in [2.45, 2.75) is 0 Å². The highest BCUT2D eigenvalue weighted by Gasteiger charge is 2.42. The fourth-order valence-electron chi connectivity index (χ4n) is 10.0. The number of benzene rings is 9. The van der Waals surface area contributed by atoms with Crippen molar-refractivity contribution in [3.05, 3.63) is 218 Å². The summed E-state index contributed by atoms with van der Waals surface area (Å²) in [5.41, 5.74) is 9.15. The SMILES string of the molecule is N#Cc1cccc([Si](c2ccccc2)(c2cccc(-n3c4ccccc4c4ccccc43)c2)c2cccc(-n3c4ccccc4c4ccc5oc6ccccc6c5c43)c2)c1. The van der Waals surface area contributed by atoms with Crippen molar-refractivity contribution < 1.29 is 4.42 Å². The lowest BCUT2D eigenvalue weighted by molar-refractivity contribution is 0.669. The minimum Gasteiger partial charge on any atom is -0.456 e. The zero-order valence-corrected chi connectivity index (χ0v) is 33.5. The summed E-state index contributed by atoms with van der Waals surface area (Å²) in [6.07, 6.45) is 0. The molecule has 0 bridgehead atoms. The molecule has 0 aliphatic carbocycles. The third kappa shape index (κ3) is 4.89. The molecule has 0 fully saturated rings. The molecule has 3 aromatic heterocycles. The summed E-state index contributed by atoms with van der Waals surface area (Å²) in [6, 6.07) is 78.8. The Kier molecular flexibility index (Phi) is 7.58. The van der Waals surface area contributed by atoms with Crippen LogP contribution in [0.25, 0.3) is 76.9 Å². The van der Waals surface area contributed by atoms with Crippen LogP contribution < -0.4 is 20.7 Å². The topological polar surface area (TPSA) is 46.8 Å². The quantitative estimate of drug-likeness (QED) is 0.125. The molecule has 0 saturated heterocycles. The molecule has 0 spiro atoms. The first-order chi connectivity index (χ1) is 29.7. The zero-order chi connectivity index (χ0) is 39.8. The van der Waals surface area contributed by atoms with Gasteiger partial charge in [0.15, 0.2) is 8.07 Å². The molecule has 4 nitrogen and oxygen atoms in total. The van der Waals surface area contributed by atoms with Crippen molar-refractivity contribution in [1.82, 2.24) is 9.13 Å². The molecule has 0 N–H and O–H groups in total. The summed E-state index contributed by atoms with van der Waals surface area (Å²) in [4.78, 5) is 0. The molecular weight excluding hydrogens is 747 g/mol. The Morgan fingerprint density at radius 3 is 1.53 bits per heavy atom. The number of furan rings is 1. The molecule has 1 unspecified atom stereocenters. The predicted octanol–water partition coefficient (Wildman–Crippen LogP) is 11.0. The number of para-hydroxylation sites is 4. The number of nitrogens with zero attached hydrogens (tertiary/aromatic N) is 3. The Labute approximate surface area is 347 Å². The van der Waals surface area contributed by atoms with Crippen LogP contribution in [0.15, 0.2) is 217 Å². The summed E-state index contributed by atoms with van der Waals surface area (Å²) < 4.78 is 11.3. The molecule has 60 heavy (non-hydrogen) atoms. The van der Waals surface area contributed by atoms with Crippen LogP contribution in [0.1, 0.15) is 5.56 Å². The van der Waals surface area contributed by atoms with Crippen molar-refractivity contribution >= 4 is 94.4 Å². The van der Waals surface area contributed by atoms with Gasteiger partial charge in [-0.1, -0.05) is 140 Å². The number of hydrogen-bond acceptors (Lipinski definition) is 2. The first-order valence-electron chi connectivity index (χ1n) is 20.3. The van der Waals surface area contributed by atoms with Crippen LogP contribution in [0.3, 0.4) is 0 Å². The molecule has 280 valence electrons. The van der Waals surface area contributed by atoms with Gasteiger partial charge in [0.2, 0.25) is 0 Å². The highest BCUT2D eigenvalue weighted by atomic mass is 28.3. The highest BCUT2D eigenvalue weighted by molar-refractivity contribution is 7.20. The van der Waals surface area contributed by atoms with E-state index < -0.39 is 8.07 Å². The fourth-order valence-corrected chi connectivity index (χ4v) is 14.8. The predicted molar refractivity (Wildman–Crippen MR) is 251 cm³/mol. The lowest BCUT2D eigenvalue weighted by Gasteiger charge is -2.35. The van der Waals surface area contributed by atoms with Gasteiger partial charge in [-0.25, -0.2) is 0 Å². The van der Waals surface area contributed by atoms with E-state index in [9.17, 15) is 5.26 Å². The Balaban J connectivity index is 1.19. The van der Waals surface area contributed by atoms with E-state index in [0.29, 0.717) is 5.56 Å². The summed E-state index contributed by atoms with van der Waals surface area (Å²) in [7, 11) is -3.19. The molecule has 0 amide bonds. The number of hydrogen-bond donors (Lipinski definition) is 0. The minimum atomic E-state index is -3.19. The third-order valence-corrected chi connectivity index (χ3v) is 17.2. The van der Waals surface area contributed by atoms with Gasteiger partial charge < -0.3 is 13.6 Å². The van der Waals surface area contributed by atoms with Crippen LogP contribution in [0.4, 0.5) is 0 Å². The van der Waals surface area contributed by atoms with Gasteiger partial charge in [-0.2, -0.15) is 5.26 Å². The van der Waals surface area contributed by atoms with E-state index in [1.807, 2.05) is 18.2 Å². The van der Waals surface area contributed by atoms with Gasteiger partial charge in [0, 0.05) is 38.3 Å². The summed E-state index contributed by atoms with van der Waals surface area (Å²) >= 11 is 0. The van der Waals surface area contributed by atoms with Crippen molar-refractivity contribution in [2.24, 2.45) is 0 Å². The Hall–Kier alpha value is -7.91. The summed E-state index contributed by atoms with van der Waals surface area (Å²) in [5, 5.41) is 22.2. The molecule has 12 aromatic rings. The van der Waals surface area contributed by atoms with Crippen molar-refractivity contribution in [2.75, 3.05) is 0 Å². The Morgan fingerprint density at radius 2 is 0.883 bits per heavy atom. The Morgan fingerprint density at radius 1 is 0.383 bits per heavy atom. The summed E-state index contributed by atoms with van der Waals surface area (Å²) in [5.74, 6) is 0. The average molecular weight is 782 g/mol. The van der Waals surface area contributed by atoms with E-state index in [0.717, 1.165) is 49.5 Å². The lowest BCUT2D eigenvalue weighted by atomic mass is 10.1. The van der Waals surface area contributed by atoms with Gasteiger partial charge in [-0.15, -0.1) is 0 Å². The van der Waals surface area contributed by atoms with Gasteiger partial charge in [-0.05, 0) is 93.5 Å². The molecule has 5 heteroatoms. The van der Waals surface area contributed by atoms with Gasteiger partial charge in [0.25, 0.3) is 0 Å². The van der Waals surface area contributed by atoms with Gasteiger partial charge in [-0.3, -0.25) is 0 Å². The number of nitriles is 1. The Bertz CT molecular complexity index is 3650. The van der Waals surface area contributed by atoms with Crippen LogP contribution in [0, 0.1) is 11.3 Å². The minimum absolute atomic E-state index is 0.645. The van der Waals surface area contributed by atoms with E-state index in [2.05, 4.69) is 209 Å². The van der Waals surface area contributed by atoms with E-state index in [-0.39, 0.29) is 0 Å². The number of fused-ring (bicyclic) bond motifs is 10. The molecule has 0 aliphatic rings. The summed E-state index contributed by atoms with van der Waals surface area (Å²) in [6.45, 7) is 0. The molecule has 9 aromatic carbocycles. The average Bonchev–Trinajstić information content (AvgIpc) is 3.98. The van der Waals surface area contributed by atoms with Gasteiger partial charge in [0.05, 0.1) is 39.1 Å². The smallest absolute Gasteiger partial charge is 0.179 e. The van der Waals surface area contributed by atoms with Crippen LogP contribution in [-0.4, -0.2) is 17.2 Å². The number of aromatic nitrogens is 2. The molecule has 0 radical (unpaired) electrons. The number of rotatable bonds is 6. The molecule has 12 rings (SSSR count). The van der Waals surface area contributed by atoms with Gasteiger partial charge >= 0.3 is 0 Å². The van der Waals surface area contributed by atoms with Crippen molar-refractivity contribution in [1.29, 1.82) is 5.26 Å². The van der Waals surface area contributed by atoms with E-state index >= 15 is 0 Å². The third-order valence-electron chi connectivity index (χ3n) is 12.5. The fraction of sp³-hybridized carbons (Fsp3) is 0. The van der Waals surface area contributed by atoms with Crippen LogP contribution >= 0.6 is 0 Å². The van der Waals surface area contributed by atoms with Crippen LogP contribution in [-0.2, 0) is 0 Å². The lowest BCUT2D eigenvalue weighted by Crippen LogP contribution is -2.74. The standard InChI is InChI=1S/C55H35N3OSi/c56-36-37-15-12-20-41(33-37)60(40-18-2-1-3-19-40,42-21-13-16-38(34-42)57-49-27-8-4-23-44(49)45-24-5-9-28-50(45)57)43-22-14-17-39(35-43)58-51-29-10-6-25-46(51)47-31-32-53-54(55(47)58)48-26-7-11-30-52(48)59-53/h1-35H. The highest BCUT2D eigenvalue weighted by Crippen LogP contribution is 2.41. The van der Waals surface area contributed by atoms with Crippen LogP contribution in [0.2, 0.25) is 0 Å². The first-order valence-corrected chi connectivity index (χ1v) is 22.3. The monoisotopic (exact) mass is 781 g/mol. The van der Waals surface area contributed by atoms with Gasteiger partial charge in [0.1, 0.15) is 11.2 Å². The normalized spacial score (nSPS) is 12.8. The maximum Gasteiger partial charge on any atom is 0.179 e. The second kappa shape index (κ2) is 13.3. The maximum atomic E-state index is 10.4. The molecular formula is C55H35N3OSi. The second-order valence-corrected chi connectivity index (χ2v) is 19.4. The first kappa shape index (κ1) is 34.2. The van der Waals surface area contributed by atoms with E-state index in [1.54, 1.807) is 0 Å². The van der Waals surface area contributed by atoms with Crippen molar-refractivity contribution in [3.8, 4) is 17.4 Å². The van der Waals surface area contributed by atoms with Crippen molar-refractivity contribution in [3.63, 3.8) is 0 Å². The molecule has 0 aliphatic heterocycles. The largest absolute Gasteiger partial charge is 0.456 e. The second-order valence-electron chi connectivity index (χ2n) is 15.6. The van der Waals surface area contributed by atoms with Crippen LogP contribution in [0.5, 0.6) is 0 Å². The molecule has 1 atom stereocenters. The maximum absolute atomic E-state index is 10.4. The molecule has 0 saturated carbocycles. The molecule has 3 heterocycles. The zero-order valence-electron chi connectivity index (χ0n) is 32.5. The van der Waals surface area contributed by atoms with E-state index in [1.165, 1.54) is 48.1 Å².